The van der Waals surface area contributed by atoms with Crippen molar-refractivity contribution in [2.45, 2.75) is 11.8 Å². The van der Waals surface area contributed by atoms with Crippen molar-refractivity contribution in [3.63, 3.8) is 0 Å². The minimum absolute atomic E-state index is 0.145. The summed E-state index contributed by atoms with van der Waals surface area (Å²) in [5.74, 6) is 0.259. The Morgan fingerprint density at radius 1 is 1.10 bits per heavy atom. The van der Waals surface area contributed by atoms with Crippen LogP contribution in [0.25, 0.3) is 11.3 Å². The van der Waals surface area contributed by atoms with E-state index in [1.165, 1.54) is 12.1 Å². The molecule has 0 aliphatic rings. The summed E-state index contributed by atoms with van der Waals surface area (Å²) in [6.07, 6.45) is 1.56. The van der Waals surface area contributed by atoms with E-state index < -0.39 is 10.8 Å². The van der Waals surface area contributed by atoms with Gasteiger partial charge in [-0.1, -0.05) is 12.1 Å². The Hall–Kier alpha value is -3.17. The van der Waals surface area contributed by atoms with Gasteiger partial charge >= 0.3 is 0 Å². The third kappa shape index (κ3) is 6.94. The summed E-state index contributed by atoms with van der Waals surface area (Å²) in [5.41, 5.74) is 2.27. The van der Waals surface area contributed by atoms with E-state index in [1.54, 1.807) is 31.5 Å². The van der Waals surface area contributed by atoms with Crippen LogP contribution in [-0.4, -0.2) is 46.1 Å². The second kappa shape index (κ2) is 11.3. The lowest BCUT2D eigenvalue weighted by atomic mass is 10.1. The minimum atomic E-state index is -1.47. The number of aromatic nitrogens is 2. The highest BCUT2D eigenvalue weighted by atomic mass is 32.2. The van der Waals surface area contributed by atoms with Gasteiger partial charge in [-0.05, 0) is 48.0 Å². The second-order valence-electron chi connectivity index (χ2n) is 6.47. The number of carbonyl (C=O) groups is 1. The van der Waals surface area contributed by atoms with E-state index in [0.717, 1.165) is 16.9 Å². The van der Waals surface area contributed by atoms with Crippen molar-refractivity contribution in [2.24, 2.45) is 0 Å². The highest BCUT2D eigenvalue weighted by molar-refractivity contribution is 7.84. The van der Waals surface area contributed by atoms with Crippen molar-refractivity contribution in [3.05, 3.63) is 72.2 Å². The number of nitrogens with zero attached hydrogens (tertiary/aromatic N) is 2. The summed E-state index contributed by atoms with van der Waals surface area (Å²) < 4.78 is 35.8. The molecule has 0 spiro atoms. The summed E-state index contributed by atoms with van der Waals surface area (Å²) >= 11 is 0. The lowest BCUT2D eigenvalue weighted by Gasteiger charge is -2.07. The topological polar surface area (TPSA) is 90.4 Å². The molecule has 1 aromatic heterocycles. The fraction of sp³-hybridized carbons (Fsp3) is 0.227. The zero-order valence-corrected chi connectivity index (χ0v) is 17.7. The number of nitrogens with one attached hydrogen (secondary N) is 1. The molecule has 0 fully saturated rings. The van der Waals surface area contributed by atoms with Gasteiger partial charge in [-0.15, -0.1) is 0 Å². The van der Waals surface area contributed by atoms with Gasteiger partial charge < -0.3 is 14.8 Å². The van der Waals surface area contributed by atoms with Gasteiger partial charge in [0.2, 0.25) is 11.1 Å². The van der Waals surface area contributed by atoms with Crippen LogP contribution in [0.15, 0.2) is 66.0 Å². The molecule has 3 rings (SSSR count). The maximum absolute atomic E-state index is 12.9. The van der Waals surface area contributed by atoms with Gasteiger partial charge in [0, 0.05) is 24.1 Å². The fourth-order valence-electron chi connectivity index (χ4n) is 2.64. The van der Waals surface area contributed by atoms with Crippen LogP contribution in [0.4, 0.5) is 4.39 Å². The van der Waals surface area contributed by atoms with Gasteiger partial charge in [0.05, 0.1) is 30.2 Å². The quantitative estimate of drug-likeness (QED) is 0.485. The van der Waals surface area contributed by atoms with Crippen molar-refractivity contribution < 1.29 is 22.9 Å². The molecule has 7 nitrogen and oxygen atoms in total. The molecule has 0 aliphatic heterocycles. The molecular formula is C22H22FN3O4S. The largest absolute Gasteiger partial charge is 0.497 e. The summed E-state index contributed by atoms with van der Waals surface area (Å²) in [6.45, 7) is 0.251. The Morgan fingerprint density at radius 2 is 1.84 bits per heavy atom. The Morgan fingerprint density at radius 3 is 2.55 bits per heavy atom. The van der Waals surface area contributed by atoms with Crippen LogP contribution in [-0.2, 0) is 26.9 Å². The number of carbonyl (C=O) groups excluding carboxylic acids is 1. The van der Waals surface area contributed by atoms with Crippen molar-refractivity contribution in [3.8, 4) is 17.0 Å². The average molecular weight is 444 g/mol. The maximum atomic E-state index is 12.9. The van der Waals surface area contributed by atoms with E-state index >= 15 is 0 Å². The lowest BCUT2D eigenvalue weighted by Crippen LogP contribution is -2.31. The first-order valence-electron chi connectivity index (χ1n) is 9.50. The molecule has 1 unspecified atom stereocenters. The predicted molar refractivity (Wildman–Crippen MR) is 114 cm³/mol. The first-order valence-corrected chi connectivity index (χ1v) is 10.8. The first kappa shape index (κ1) is 22.5. The number of ether oxygens (including phenoxy) is 2. The Balaban J connectivity index is 1.43. The summed E-state index contributed by atoms with van der Waals surface area (Å²) in [6, 6.07) is 15.0. The summed E-state index contributed by atoms with van der Waals surface area (Å²) in [5, 5.41) is 2.86. The van der Waals surface area contributed by atoms with E-state index in [1.807, 2.05) is 24.3 Å². The van der Waals surface area contributed by atoms with Crippen molar-refractivity contribution in [1.29, 1.82) is 0 Å². The van der Waals surface area contributed by atoms with Crippen LogP contribution in [0.2, 0.25) is 0 Å². The Labute approximate surface area is 182 Å². The zero-order chi connectivity index (χ0) is 22.1. The molecule has 1 N–H and O–H groups in total. The second-order valence-corrected chi connectivity index (χ2v) is 7.94. The average Bonchev–Trinajstić information content (AvgIpc) is 2.80. The number of halogens is 1. The minimum Gasteiger partial charge on any atom is -0.497 e. The van der Waals surface area contributed by atoms with Crippen LogP contribution >= 0.6 is 0 Å². The SMILES string of the molecule is COc1ccc(-c2ccnc(S(=O)CCNC(=O)COCc3ccc(F)cc3)n2)cc1. The van der Waals surface area contributed by atoms with E-state index in [2.05, 4.69) is 15.3 Å². The third-order valence-corrected chi connectivity index (χ3v) is 5.43. The maximum Gasteiger partial charge on any atom is 0.246 e. The molecule has 0 aliphatic carbocycles. The number of hydrogen-bond acceptors (Lipinski definition) is 6. The smallest absolute Gasteiger partial charge is 0.246 e. The van der Waals surface area contributed by atoms with E-state index in [9.17, 15) is 13.4 Å². The molecule has 0 radical (unpaired) electrons. The summed E-state index contributed by atoms with van der Waals surface area (Å²) in [4.78, 5) is 20.3. The predicted octanol–water partition coefficient (Wildman–Crippen LogP) is 2.73. The molecule has 9 heteroatoms. The lowest BCUT2D eigenvalue weighted by molar-refractivity contribution is -0.125. The molecule has 0 saturated carbocycles. The van der Waals surface area contributed by atoms with E-state index in [4.69, 9.17) is 9.47 Å². The fourth-order valence-corrected chi connectivity index (χ4v) is 3.49. The molecule has 2 aromatic carbocycles. The molecule has 0 saturated heterocycles. The Bertz CT molecular complexity index is 1030. The van der Waals surface area contributed by atoms with Crippen LogP contribution in [0.1, 0.15) is 5.56 Å². The number of methoxy groups -OCH3 is 1. The molecule has 0 bridgehead atoms. The molecule has 3 aromatic rings. The zero-order valence-electron chi connectivity index (χ0n) is 16.9. The normalized spacial score (nSPS) is 11.7. The molecule has 1 heterocycles. The highest BCUT2D eigenvalue weighted by Gasteiger charge is 2.10. The molecule has 1 atom stereocenters. The first-order chi connectivity index (χ1) is 15.0. The number of amides is 1. The Kier molecular flexibility index (Phi) is 8.19. The van der Waals surface area contributed by atoms with Gasteiger partial charge in [-0.3, -0.25) is 9.00 Å². The molecule has 162 valence electrons. The van der Waals surface area contributed by atoms with Gasteiger partial charge in [0.25, 0.3) is 0 Å². The van der Waals surface area contributed by atoms with Crippen molar-refractivity contribution in [1.82, 2.24) is 15.3 Å². The number of benzene rings is 2. The van der Waals surface area contributed by atoms with E-state index in [0.29, 0.717) is 5.69 Å². The standard InChI is InChI=1S/C22H22FN3O4S/c1-29-19-8-4-17(5-9-19)20-10-11-25-22(26-20)31(28)13-12-24-21(27)15-30-14-16-2-6-18(23)7-3-16/h2-11H,12-15H2,1H3,(H,24,27). The number of rotatable bonds is 10. The number of hydrogen-bond donors (Lipinski definition) is 1. The van der Waals surface area contributed by atoms with Gasteiger partial charge in [-0.25, -0.2) is 14.4 Å². The van der Waals surface area contributed by atoms with Crippen molar-refractivity contribution >= 4 is 16.7 Å². The van der Waals surface area contributed by atoms with E-state index in [-0.39, 0.29) is 42.4 Å². The van der Waals surface area contributed by atoms with Crippen LogP contribution in [0.5, 0.6) is 5.75 Å². The van der Waals surface area contributed by atoms with Crippen molar-refractivity contribution in [2.75, 3.05) is 26.0 Å². The molecule has 31 heavy (non-hydrogen) atoms. The third-order valence-electron chi connectivity index (χ3n) is 4.25. The van der Waals surface area contributed by atoms with Crippen LogP contribution < -0.4 is 10.1 Å². The highest BCUT2D eigenvalue weighted by Crippen LogP contribution is 2.20. The monoisotopic (exact) mass is 443 g/mol. The van der Waals surface area contributed by atoms with Crippen LogP contribution in [0, 0.1) is 5.82 Å². The summed E-state index contributed by atoms with van der Waals surface area (Å²) in [7, 11) is 0.129. The molecular weight excluding hydrogens is 421 g/mol. The van der Waals surface area contributed by atoms with Gasteiger partial charge in [0.15, 0.2) is 0 Å². The molecule has 1 amide bonds. The van der Waals surface area contributed by atoms with Gasteiger partial charge in [0.1, 0.15) is 18.2 Å². The van der Waals surface area contributed by atoms with Gasteiger partial charge in [-0.2, -0.15) is 0 Å². The van der Waals surface area contributed by atoms with Crippen LogP contribution in [0.3, 0.4) is 0 Å².